The van der Waals surface area contributed by atoms with Crippen LogP contribution < -0.4 is 0 Å². The van der Waals surface area contributed by atoms with Crippen LogP contribution in [0.3, 0.4) is 0 Å². The Kier molecular flexibility index (Phi) is 5.94. The quantitative estimate of drug-likeness (QED) is 0.725. The monoisotopic (exact) mass is 307 g/mol. The minimum atomic E-state index is -0.637. The first kappa shape index (κ1) is 16.9. The summed E-state index contributed by atoms with van der Waals surface area (Å²) in [6.07, 6.45) is 0.390. The summed E-state index contributed by atoms with van der Waals surface area (Å²) in [5.74, 6) is -0.524. The molecule has 0 aliphatic carbocycles. The molecule has 1 aliphatic rings. The summed E-state index contributed by atoms with van der Waals surface area (Å²) in [4.78, 5) is 5.54. The van der Waals surface area contributed by atoms with E-state index in [-0.39, 0.29) is 12.2 Å². The third-order valence-corrected chi connectivity index (χ3v) is 3.71. The van der Waals surface area contributed by atoms with Crippen LogP contribution in [-0.2, 0) is 19.0 Å². The zero-order valence-corrected chi connectivity index (χ0v) is 13.7. The molecule has 2 atom stereocenters. The highest BCUT2D eigenvalue weighted by Gasteiger charge is 2.32. The lowest BCUT2D eigenvalue weighted by Crippen LogP contribution is -2.35. The van der Waals surface area contributed by atoms with E-state index in [1.165, 1.54) is 5.56 Å². The molecule has 0 spiro atoms. The molecule has 1 aromatic rings. The van der Waals surface area contributed by atoms with Crippen LogP contribution in [0.15, 0.2) is 35.5 Å². The Hall–Kier alpha value is -1.43. The van der Waals surface area contributed by atoms with Crippen molar-refractivity contribution in [2.75, 3.05) is 20.3 Å². The van der Waals surface area contributed by atoms with Gasteiger partial charge in [-0.1, -0.05) is 35.5 Å². The molecule has 1 aromatic carbocycles. The standard InChI is InChI=1S/C17H25NO4/c1-5-20-16-15(13-9-7-6-8-10-13)11-14(18-22-16)12-21-17(2,3)19-4/h6-10,15-16H,5,11-12H2,1-4H3/t15-,16+/m0/s1. The van der Waals surface area contributed by atoms with Crippen LogP contribution >= 0.6 is 0 Å². The van der Waals surface area contributed by atoms with Crippen molar-refractivity contribution >= 4 is 5.71 Å². The number of hydrogen-bond donors (Lipinski definition) is 0. The topological polar surface area (TPSA) is 49.3 Å². The number of rotatable bonds is 7. The van der Waals surface area contributed by atoms with Crippen molar-refractivity contribution in [3.8, 4) is 0 Å². The van der Waals surface area contributed by atoms with E-state index in [0.717, 1.165) is 12.1 Å². The van der Waals surface area contributed by atoms with Gasteiger partial charge in [-0.3, -0.25) is 0 Å². The summed E-state index contributed by atoms with van der Waals surface area (Å²) in [6, 6.07) is 10.2. The lowest BCUT2D eigenvalue weighted by Gasteiger charge is -2.31. The molecule has 0 unspecified atom stereocenters. The number of methoxy groups -OCH3 is 1. The Balaban J connectivity index is 2.06. The first-order chi connectivity index (χ1) is 10.6. The lowest BCUT2D eigenvalue weighted by atomic mass is 9.92. The first-order valence-electron chi connectivity index (χ1n) is 7.63. The molecular weight excluding hydrogens is 282 g/mol. The number of nitrogens with zero attached hydrogens (tertiary/aromatic N) is 1. The van der Waals surface area contributed by atoms with Crippen molar-refractivity contribution in [3.63, 3.8) is 0 Å². The van der Waals surface area contributed by atoms with Gasteiger partial charge in [0.05, 0.1) is 18.2 Å². The van der Waals surface area contributed by atoms with Crippen LogP contribution in [0.2, 0.25) is 0 Å². The van der Waals surface area contributed by atoms with E-state index in [2.05, 4.69) is 17.3 Å². The summed E-state index contributed by atoms with van der Waals surface area (Å²) in [6.45, 7) is 6.66. The fourth-order valence-electron chi connectivity index (χ4n) is 2.27. The van der Waals surface area contributed by atoms with E-state index in [1.54, 1.807) is 7.11 Å². The number of hydrogen-bond acceptors (Lipinski definition) is 5. The van der Waals surface area contributed by atoms with Gasteiger partial charge in [0.1, 0.15) is 0 Å². The largest absolute Gasteiger partial charge is 0.363 e. The van der Waals surface area contributed by atoms with E-state index < -0.39 is 5.79 Å². The molecule has 0 bridgehead atoms. The van der Waals surface area contributed by atoms with Crippen LogP contribution in [0.25, 0.3) is 0 Å². The summed E-state index contributed by atoms with van der Waals surface area (Å²) in [5.41, 5.74) is 2.04. The van der Waals surface area contributed by atoms with E-state index in [4.69, 9.17) is 19.0 Å². The minimum absolute atomic E-state index is 0.114. The average Bonchev–Trinajstić information content (AvgIpc) is 2.55. The van der Waals surface area contributed by atoms with Gasteiger partial charge in [-0.25, -0.2) is 0 Å². The van der Waals surface area contributed by atoms with Gasteiger partial charge in [0.25, 0.3) is 0 Å². The Labute approximate surface area is 132 Å². The highest BCUT2D eigenvalue weighted by molar-refractivity contribution is 5.86. The van der Waals surface area contributed by atoms with Crippen molar-refractivity contribution in [2.24, 2.45) is 5.16 Å². The van der Waals surface area contributed by atoms with Gasteiger partial charge in [0.15, 0.2) is 5.79 Å². The van der Waals surface area contributed by atoms with Crippen LogP contribution in [0.5, 0.6) is 0 Å². The van der Waals surface area contributed by atoms with Crippen molar-refractivity contribution in [1.29, 1.82) is 0 Å². The van der Waals surface area contributed by atoms with Crippen molar-refractivity contribution in [2.45, 2.75) is 45.2 Å². The molecule has 0 fully saturated rings. The summed E-state index contributed by atoms with van der Waals surface area (Å²) in [5, 5.41) is 4.15. The maximum atomic E-state index is 5.72. The fourth-order valence-corrected chi connectivity index (χ4v) is 2.27. The normalized spacial score (nSPS) is 22.1. The number of oxime groups is 1. The van der Waals surface area contributed by atoms with Crippen LogP contribution in [0.1, 0.15) is 38.7 Å². The molecule has 0 saturated carbocycles. The maximum absolute atomic E-state index is 5.72. The molecule has 0 N–H and O–H groups in total. The van der Waals surface area contributed by atoms with Crippen LogP contribution in [0.4, 0.5) is 0 Å². The van der Waals surface area contributed by atoms with Gasteiger partial charge in [-0.05, 0) is 26.3 Å². The molecule has 5 heteroatoms. The van der Waals surface area contributed by atoms with Gasteiger partial charge in [0, 0.05) is 20.1 Å². The summed E-state index contributed by atoms with van der Waals surface area (Å²) < 4.78 is 16.7. The van der Waals surface area contributed by atoms with Gasteiger partial charge in [-0.15, -0.1) is 0 Å². The first-order valence-corrected chi connectivity index (χ1v) is 7.63. The second kappa shape index (κ2) is 7.72. The predicted molar refractivity (Wildman–Crippen MR) is 84.8 cm³/mol. The minimum Gasteiger partial charge on any atom is -0.363 e. The van der Waals surface area contributed by atoms with Crippen molar-refractivity contribution in [1.82, 2.24) is 0 Å². The van der Waals surface area contributed by atoms with Gasteiger partial charge >= 0.3 is 0 Å². The number of ether oxygens (including phenoxy) is 3. The molecule has 22 heavy (non-hydrogen) atoms. The van der Waals surface area contributed by atoms with E-state index in [1.807, 2.05) is 39.0 Å². The smallest absolute Gasteiger partial charge is 0.234 e. The summed E-state index contributed by atoms with van der Waals surface area (Å²) in [7, 11) is 1.62. The molecule has 1 aliphatic heterocycles. The van der Waals surface area contributed by atoms with Gasteiger partial charge in [0.2, 0.25) is 6.29 Å². The van der Waals surface area contributed by atoms with Crippen LogP contribution in [0, 0.1) is 0 Å². The second-order valence-corrected chi connectivity index (χ2v) is 5.70. The van der Waals surface area contributed by atoms with E-state index in [0.29, 0.717) is 13.2 Å². The summed E-state index contributed by atoms with van der Waals surface area (Å²) >= 11 is 0. The maximum Gasteiger partial charge on any atom is 0.234 e. The molecule has 0 amide bonds. The Bertz CT molecular complexity index is 487. The zero-order chi connectivity index (χ0) is 16.0. The van der Waals surface area contributed by atoms with Gasteiger partial charge in [-0.2, -0.15) is 0 Å². The molecule has 0 saturated heterocycles. The Morgan fingerprint density at radius 3 is 2.64 bits per heavy atom. The average molecular weight is 307 g/mol. The molecular formula is C17H25NO4. The molecule has 1 heterocycles. The molecule has 2 rings (SSSR count). The third-order valence-electron chi connectivity index (χ3n) is 3.71. The van der Waals surface area contributed by atoms with Crippen molar-refractivity contribution in [3.05, 3.63) is 35.9 Å². The third kappa shape index (κ3) is 4.53. The highest BCUT2D eigenvalue weighted by Crippen LogP contribution is 2.30. The van der Waals surface area contributed by atoms with Crippen molar-refractivity contribution < 1.29 is 19.0 Å². The molecule has 5 nitrogen and oxygen atoms in total. The Morgan fingerprint density at radius 2 is 2.00 bits per heavy atom. The van der Waals surface area contributed by atoms with E-state index in [9.17, 15) is 0 Å². The Morgan fingerprint density at radius 1 is 1.27 bits per heavy atom. The van der Waals surface area contributed by atoms with Crippen LogP contribution in [-0.4, -0.2) is 38.1 Å². The molecule has 122 valence electrons. The number of benzene rings is 1. The van der Waals surface area contributed by atoms with Gasteiger partial charge < -0.3 is 19.0 Å². The molecule has 0 aromatic heterocycles. The molecule has 0 radical (unpaired) electrons. The predicted octanol–water partition coefficient (Wildman–Crippen LogP) is 3.31. The SMILES string of the molecule is CCO[C@@H]1ON=C(COC(C)(C)OC)C[C@H]1c1ccccc1. The fraction of sp³-hybridized carbons (Fsp3) is 0.588. The second-order valence-electron chi connectivity index (χ2n) is 5.70. The zero-order valence-electron chi connectivity index (χ0n) is 13.7. The lowest BCUT2D eigenvalue weighted by molar-refractivity contribution is -0.190. The van der Waals surface area contributed by atoms with E-state index >= 15 is 0 Å². The highest BCUT2D eigenvalue weighted by atomic mass is 16.8.